The molecule has 1 unspecified atom stereocenters. The normalized spacial score (nSPS) is 12.0. The van der Waals surface area contributed by atoms with Crippen molar-refractivity contribution in [3.8, 4) is 11.8 Å². The van der Waals surface area contributed by atoms with Crippen LogP contribution in [0.4, 0.5) is 5.69 Å². The lowest BCUT2D eigenvalue weighted by Gasteiger charge is -2.16. The summed E-state index contributed by atoms with van der Waals surface area (Å²) in [7, 11) is 1.58. The van der Waals surface area contributed by atoms with E-state index in [4.69, 9.17) is 10.00 Å². The number of nitrogens with zero attached hydrogens (tertiary/aromatic N) is 1. The topological polar surface area (TPSA) is 65.3 Å². The molecule has 0 bridgehead atoms. The van der Waals surface area contributed by atoms with Gasteiger partial charge in [-0.25, -0.2) is 0 Å². The molecule has 0 saturated carbocycles. The Morgan fingerprint density at radius 3 is 2.71 bits per heavy atom. The van der Waals surface area contributed by atoms with Crippen LogP contribution >= 0.6 is 0 Å². The predicted molar refractivity (Wildman–Crippen MR) is 67.0 cm³/mol. The van der Waals surface area contributed by atoms with Gasteiger partial charge in [0.1, 0.15) is 11.8 Å². The SMILES string of the molecule is COc1ccc(C#N)c(NCC(O)C(C)C)c1. The fourth-order valence-corrected chi connectivity index (χ4v) is 1.34. The van der Waals surface area contributed by atoms with Gasteiger partial charge in [-0.1, -0.05) is 13.8 Å². The van der Waals surface area contributed by atoms with E-state index in [1.54, 1.807) is 25.3 Å². The van der Waals surface area contributed by atoms with Gasteiger partial charge in [0.2, 0.25) is 0 Å². The van der Waals surface area contributed by atoms with E-state index in [-0.39, 0.29) is 5.92 Å². The maximum Gasteiger partial charge on any atom is 0.121 e. The van der Waals surface area contributed by atoms with E-state index in [2.05, 4.69) is 11.4 Å². The van der Waals surface area contributed by atoms with Crippen molar-refractivity contribution in [3.63, 3.8) is 0 Å². The average Bonchev–Trinajstić information content (AvgIpc) is 2.35. The van der Waals surface area contributed by atoms with Crippen molar-refractivity contribution in [2.24, 2.45) is 5.92 Å². The zero-order valence-corrected chi connectivity index (χ0v) is 10.4. The molecule has 2 N–H and O–H groups in total. The number of aliphatic hydroxyl groups is 1. The van der Waals surface area contributed by atoms with Crippen molar-refractivity contribution in [2.45, 2.75) is 20.0 Å². The number of anilines is 1. The van der Waals surface area contributed by atoms with Gasteiger partial charge in [-0.05, 0) is 18.1 Å². The van der Waals surface area contributed by atoms with Crippen molar-refractivity contribution in [1.29, 1.82) is 5.26 Å². The summed E-state index contributed by atoms with van der Waals surface area (Å²) in [6, 6.07) is 7.29. The summed E-state index contributed by atoms with van der Waals surface area (Å²) in [5.41, 5.74) is 1.23. The van der Waals surface area contributed by atoms with Crippen molar-refractivity contribution in [1.82, 2.24) is 0 Å². The minimum atomic E-state index is -0.437. The summed E-state index contributed by atoms with van der Waals surface area (Å²) in [6.45, 7) is 4.31. The quantitative estimate of drug-likeness (QED) is 0.817. The van der Waals surface area contributed by atoms with Gasteiger partial charge in [-0.3, -0.25) is 0 Å². The zero-order valence-electron chi connectivity index (χ0n) is 10.4. The van der Waals surface area contributed by atoms with Crippen LogP contribution in [0.2, 0.25) is 0 Å². The molecule has 0 heterocycles. The molecule has 4 nitrogen and oxygen atoms in total. The molecule has 0 fully saturated rings. The molecule has 0 aromatic heterocycles. The van der Waals surface area contributed by atoms with Crippen LogP contribution in [-0.2, 0) is 0 Å². The maximum absolute atomic E-state index is 9.70. The van der Waals surface area contributed by atoms with Crippen molar-refractivity contribution in [3.05, 3.63) is 23.8 Å². The van der Waals surface area contributed by atoms with E-state index in [0.717, 1.165) is 0 Å². The molecule has 0 aliphatic heterocycles. The standard InChI is InChI=1S/C13H18N2O2/c1-9(2)13(16)8-15-12-6-11(17-3)5-4-10(12)7-14/h4-6,9,13,15-16H,8H2,1-3H3. The second-order valence-electron chi connectivity index (χ2n) is 4.22. The Morgan fingerprint density at radius 1 is 1.47 bits per heavy atom. The second-order valence-corrected chi connectivity index (χ2v) is 4.22. The predicted octanol–water partition coefficient (Wildman–Crippen LogP) is 2.00. The number of nitrogens with one attached hydrogen (secondary N) is 1. The fourth-order valence-electron chi connectivity index (χ4n) is 1.34. The third-order valence-electron chi connectivity index (χ3n) is 2.62. The van der Waals surface area contributed by atoms with Gasteiger partial charge < -0.3 is 15.2 Å². The van der Waals surface area contributed by atoms with Crippen LogP contribution in [0.3, 0.4) is 0 Å². The fraction of sp³-hybridized carbons (Fsp3) is 0.462. The zero-order chi connectivity index (χ0) is 12.8. The lowest BCUT2D eigenvalue weighted by molar-refractivity contribution is 0.138. The van der Waals surface area contributed by atoms with Crippen LogP contribution in [-0.4, -0.2) is 24.9 Å². The number of hydrogen-bond donors (Lipinski definition) is 2. The Hall–Kier alpha value is -1.73. The molecule has 0 aliphatic carbocycles. The Bertz CT molecular complexity index is 410. The number of hydrogen-bond acceptors (Lipinski definition) is 4. The highest BCUT2D eigenvalue weighted by molar-refractivity contribution is 5.60. The number of benzene rings is 1. The van der Waals surface area contributed by atoms with Gasteiger partial charge in [-0.2, -0.15) is 5.26 Å². The largest absolute Gasteiger partial charge is 0.497 e. The third-order valence-corrected chi connectivity index (χ3v) is 2.62. The Labute approximate surface area is 102 Å². The first-order valence-electron chi connectivity index (χ1n) is 5.58. The van der Waals surface area contributed by atoms with Gasteiger partial charge >= 0.3 is 0 Å². The molecule has 0 radical (unpaired) electrons. The van der Waals surface area contributed by atoms with Gasteiger partial charge in [-0.15, -0.1) is 0 Å². The van der Waals surface area contributed by atoms with Crippen molar-refractivity contribution < 1.29 is 9.84 Å². The molecule has 0 saturated heterocycles. The molecule has 0 amide bonds. The average molecular weight is 234 g/mol. The third kappa shape index (κ3) is 3.65. The van der Waals surface area contributed by atoms with Crippen LogP contribution in [0.5, 0.6) is 5.75 Å². The highest BCUT2D eigenvalue weighted by atomic mass is 16.5. The number of methoxy groups -OCH3 is 1. The number of nitriles is 1. The molecule has 1 aromatic rings. The summed E-state index contributed by atoms with van der Waals surface area (Å²) >= 11 is 0. The van der Waals surface area contributed by atoms with E-state index in [0.29, 0.717) is 23.5 Å². The summed E-state index contributed by atoms with van der Waals surface area (Å²) in [6.07, 6.45) is -0.437. The number of ether oxygens (including phenoxy) is 1. The van der Waals surface area contributed by atoms with E-state index >= 15 is 0 Å². The first kappa shape index (κ1) is 13.3. The second kappa shape index (κ2) is 6.12. The summed E-state index contributed by atoms with van der Waals surface area (Å²) < 4.78 is 5.10. The van der Waals surface area contributed by atoms with Crippen LogP contribution in [0.1, 0.15) is 19.4 Å². The van der Waals surface area contributed by atoms with E-state index in [1.165, 1.54) is 0 Å². The minimum absolute atomic E-state index is 0.179. The molecule has 0 spiro atoms. The van der Waals surface area contributed by atoms with Crippen LogP contribution in [0, 0.1) is 17.2 Å². The summed E-state index contributed by atoms with van der Waals surface area (Å²) in [5.74, 6) is 0.865. The van der Waals surface area contributed by atoms with Crippen LogP contribution < -0.4 is 10.1 Å². The Balaban J connectivity index is 2.78. The molecular weight excluding hydrogens is 216 g/mol. The van der Waals surface area contributed by atoms with Crippen LogP contribution in [0.25, 0.3) is 0 Å². The first-order valence-corrected chi connectivity index (χ1v) is 5.58. The van der Waals surface area contributed by atoms with Gasteiger partial charge in [0.05, 0.1) is 24.5 Å². The molecule has 1 aromatic carbocycles. The van der Waals surface area contributed by atoms with E-state index in [9.17, 15) is 5.11 Å². The first-order chi connectivity index (χ1) is 8.08. The lowest BCUT2D eigenvalue weighted by atomic mass is 10.1. The van der Waals surface area contributed by atoms with Crippen molar-refractivity contribution in [2.75, 3.05) is 19.0 Å². The van der Waals surface area contributed by atoms with Crippen molar-refractivity contribution >= 4 is 5.69 Å². The van der Waals surface area contributed by atoms with Crippen LogP contribution in [0.15, 0.2) is 18.2 Å². The smallest absolute Gasteiger partial charge is 0.121 e. The monoisotopic (exact) mass is 234 g/mol. The summed E-state index contributed by atoms with van der Waals surface area (Å²) in [4.78, 5) is 0. The molecular formula is C13H18N2O2. The molecule has 1 rings (SSSR count). The van der Waals surface area contributed by atoms with Gasteiger partial charge in [0.25, 0.3) is 0 Å². The minimum Gasteiger partial charge on any atom is -0.497 e. The molecule has 17 heavy (non-hydrogen) atoms. The van der Waals surface area contributed by atoms with E-state index < -0.39 is 6.10 Å². The highest BCUT2D eigenvalue weighted by Gasteiger charge is 2.10. The Morgan fingerprint density at radius 2 is 2.18 bits per heavy atom. The van der Waals surface area contributed by atoms with Gasteiger partial charge in [0, 0.05) is 12.6 Å². The molecule has 92 valence electrons. The lowest BCUT2D eigenvalue weighted by Crippen LogP contribution is -2.25. The molecule has 0 aliphatic rings. The Kier molecular flexibility index (Phi) is 4.80. The number of rotatable bonds is 5. The number of aliphatic hydroxyl groups excluding tert-OH is 1. The van der Waals surface area contributed by atoms with E-state index in [1.807, 2.05) is 13.8 Å². The summed E-state index contributed by atoms with van der Waals surface area (Å²) in [5, 5.41) is 21.7. The molecule has 1 atom stereocenters. The maximum atomic E-state index is 9.70. The highest BCUT2D eigenvalue weighted by Crippen LogP contribution is 2.22. The molecule has 4 heteroatoms. The van der Waals surface area contributed by atoms with Gasteiger partial charge in [0.15, 0.2) is 0 Å².